The van der Waals surface area contributed by atoms with Crippen LogP contribution in [0.3, 0.4) is 0 Å². The fourth-order valence-electron chi connectivity index (χ4n) is 2.94. The van der Waals surface area contributed by atoms with Crippen molar-refractivity contribution < 1.29 is 9.53 Å². The molecule has 136 valence electrons. The van der Waals surface area contributed by atoms with Gasteiger partial charge in [-0.05, 0) is 30.2 Å². The summed E-state index contributed by atoms with van der Waals surface area (Å²) in [7, 11) is 0. The largest absolute Gasteiger partial charge is 0.494 e. The zero-order valence-electron chi connectivity index (χ0n) is 14.9. The first-order chi connectivity index (χ1) is 12.8. The molecule has 0 atom stereocenters. The van der Waals surface area contributed by atoms with Gasteiger partial charge in [0.05, 0.1) is 6.61 Å². The van der Waals surface area contributed by atoms with Crippen LogP contribution in [-0.4, -0.2) is 55.5 Å². The van der Waals surface area contributed by atoms with Crippen LogP contribution in [0, 0.1) is 0 Å². The van der Waals surface area contributed by atoms with Gasteiger partial charge in [0.25, 0.3) is 0 Å². The van der Waals surface area contributed by atoms with Crippen molar-refractivity contribution in [2.45, 2.75) is 6.42 Å². The molecule has 0 unspecified atom stereocenters. The highest BCUT2D eigenvalue weighted by Crippen LogP contribution is 2.15. The summed E-state index contributed by atoms with van der Waals surface area (Å²) >= 11 is 0. The number of ether oxygens (including phenoxy) is 1. The van der Waals surface area contributed by atoms with E-state index in [9.17, 15) is 4.79 Å². The van der Waals surface area contributed by atoms with E-state index in [4.69, 9.17) is 4.74 Å². The molecule has 1 N–H and O–H groups in total. The van der Waals surface area contributed by atoms with E-state index in [0.29, 0.717) is 5.56 Å². The summed E-state index contributed by atoms with van der Waals surface area (Å²) in [4.78, 5) is 17.6. The molecule has 1 saturated heterocycles. The van der Waals surface area contributed by atoms with E-state index < -0.39 is 0 Å². The first-order valence-electron chi connectivity index (χ1n) is 9.08. The van der Waals surface area contributed by atoms with Crippen LogP contribution in [0.2, 0.25) is 0 Å². The van der Waals surface area contributed by atoms with E-state index in [0.717, 1.165) is 68.9 Å². The lowest BCUT2D eigenvalue weighted by Crippen LogP contribution is -2.43. The maximum absolute atomic E-state index is 11.0. The fourth-order valence-corrected chi connectivity index (χ4v) is 2.94. The van der Waals surface area contributed by atoms with Crippen molar-refractivity contribution in [1.82, 2.24) is 15.2 Å². The molecule has 1 aliphatic rings. The molecule has 0 spiro atoms. The number of hydrogen-bond acceptors (Lipinski definition) is 5. The zero-order valence-corrected chi connectivity index (χ0v) is 14.9. The van der Waals surface area contributed by atoms with Gasteiger partial charge < -0.3 is 15.0 Å². The van der Waals surface area contributed by atoms with E-state index in [1.165, 1.54) is 0 Å². The average molecular weight is 351 g/mol. The van der Waals surface area contributed by atoms with Crippen molar-refractivity contribution in [3.63, 3.8) is 0 Å². The van der Waals surface area contributed by atoms with Crippen LogP contribution in [-0.2, 0) is 0 Å². The van der Waals surface area contributed by atoms with Crippen molar-refractivity contribution >= 4 is 18.4 Å². The third kappa shape index (κ3) is 5.51. The van der Waals surface area contributed by atoms with Crippen LogP contribution in [0.5, 0.6) is 5.75 Å². The SMILES string of the molecule is O=Cc1ccncc1/C=C/c1ccc(OCCCN2CCNCC2)cc1. The van der Waals surface area contributed by atoms with Crippen LogP contribution in [0.1, 0.15) is 27.9 Å². The normalized spacial score (nSPS) is 15.2. The highest BCUT2D eigenvalue weighted by Gasteiger charge is 2.08. The Labute approximate surface area is 154 Å². The van der Waals surface area contributed by atoms with Crippen LogP contribution in [0.25, 0.3) is 12.2 Å². The van der Waals surface area contributed by atoms with Crippen molar-refractivity contribution in [3.8, 4) is 5.75 Å². The molecule has 0 bridgehead atoms. The standard InChI is InChI=1S/C21H25N3O2/c25-17-20-8-9-23-16-19(20)5-2-18-3-6-21(7-4-18)26-15-1-12-24-13-10-22-11-14-24/h2-9,16-17,22H,1,10-15H2/b5-2+. The molecule has 3 rings (SSSR count). The van der Waals surface area contributed by atoms with Gasteiger partial charge in [-0.3, -0.25) is 9.78 Å². The van der Waals surface area contributed by atoms with Gasteiger partial charge >= 0.3 is 0 Å². The minimum Gasteiger partial charge on any atom is -0.494 e. The van der Waals surface area contributed by atoms with Gasteiger partial charge in [0.15, 0.2) is 6.29 Å². The topological polar surface area (TPSA) is 54.5 Å². The number of carbonyl (C=O) groups excluding carboxylic acids is 1. The van der Waals surface area contributed by atoms with Gasteiger partial charge in [-0.1, -0.05) is 24.3 Å². The van der Waals surface area contributed by atoms with E-state index in [2.05, 4.69) is 15.2 Å². The van der Waals surface area contributed by atoms with Crippen LogP contribution in [0.4, 0.5) is 0 Å². The molecule has 2 aromatic rings. The number of piperazine rings is 1. The fraction of sp³-hybridized carbons (Fsp3) is 0.333. The smallest absolute Gasteiger partial charge is 0.150 e. The first-order valence-corrected chi connectivity index (χ1v) is 9.08. The number of rotatable bonds is 8. The minimum atomic E-state index is 0.640. The molecule has 0 radical (unpaired) electrons. The monoisotopic (exact) mass is 351 g/mol. The number of pyridine rings is 1. The van der Waals surface area contributed by atoms with E-state index in [1.54, 1.807) is 18.5 Å². The molecule has 1 aromatic heterocycles. The Kier molecular flexibility index (Phi) is 6.93. The molecule has 1 aromatic carbocycles. The first kappa shape index (κ1) is 18.3. The lowest BCUT2D eigenvalue weighted by atomic mass is 10.1. The molecule has 1 aliphatic heterocycles. The molecule has 1 fully saturated rings. The second-order valence-corrected chi connectivity index (χ2v) is 6.32. The van der Waals surface area contributed by atoms with Gasteiger partial charge in [-0.25, -0.2) is 0 Å². The highest BCUT2D eigenvalue weighted by molar-refractivity contribution is 5.84. The van der Waals surface area contributed by atoms with Gasteiger partial charge in [0.2, 0.25) is 0 Å². The van der Waals surface area contributed by atoms with Crippen LogP contribution in [0.15, 0.2) is 42.7 Å². The Bertz CT molecular complexity index is 722. The number of nitrogens with one attached hydrogen (secondary N) is 1. The Balaban J connectivity index is 1.45. The Morgan fingerprint density at radius 1 is 1.08 bits per heavy atom. The third-order valence-corrected chi connectivity index (χ3v) is 4.45. The molecule has 0 aliphatic carbocycles. The summed E-state index contributed by atoms with van der Waals surface area (Å²) in [5.74, 6) is 0.886. The third-order valence-electron chi connectivity index (χ3n) is 4.45. The highest BCUT2D eigenvalue weighted by atomic mass is 16.5. The van der Waals surface area contributed by atoms with Gasteiger partial charge in [-0.15, -0.1) is 0 Å². The van der Waals surface area contributed by atoms with Crippen molar-refractivity contribution in [3.05, 3.63) is 59.4 Å². The number of carbonyl (C=O) groups is 1. The van der Waals surface area contributed by atoms with Crippen molar-refractivity contribution in [2.75, 3.05) is 39.3 Å². The van der Waals surface area contributed by atoms with E-state index in [1.807, 2.05) is 36.4 Å². The molecule has 5 heteroatoms. The molecular weight excluding hydrogens is 326 g/mol. The Morgan fingerprint density at radius 2 is 1.88 bits per heavy atom. The lowest BCUT2D eigenvalue weighted by molar-refractivity contribution is 0.112. The number of aldehydes is 1. The van der Waals surface area contributed by atoms with Crippen LogP contribution >= 0.6 is 0 Å². The summed E-state index contributed by atoms with van der Waals surface area (Å²) in [6, 6.07) is 9.70. The summed E-state index contributed by atoms with van der Waals surface area (Å²) in [6.45, 7) is 6.25. The maximum Gasteiger partial charge on any atom is 0.150 e. The quantitative estimate of drug-likeness (QED) is 0.585. The van der Waals surface area contributed by atoms with E-state index in [-0.39, 0.29) is 0 Å². The molecule has 26 heavy (non-hydrogen) atoms. The van der Waals surface area contributed by atoms with E-state index >= 15 is 0 Å². The molecule has 2 heterocycles. The van der Waals surface area contributed by atoms with Gasteiger partial charge in [0, 0.05) is 56.2 Å². The average Bonchev–Trinajstić information content (AvgIpc) is 2.71. The molecule has 0 amide bonds. The molecular formula is C21H25N3O2. The van der Waals surface area contributed by atoms with Gasteiger partial charge in [0.1, 0.15) is 5.75 Å². The molecule has 0 saturated carbocycles. The predicted octanol–water partition coefficient (Wildman–Crippen LogP) is 2.74. The second-order valence-electron chi connectivity index (χ2n) is 6.32. The Morgan fingerprint density at radius 3 is 2.65 bits per heavy atom. The van der Waals surface area contributed by atoms with Gasteiger partial charge in [-0.2, -0.15) is 0 Å². The van der Waals surface area contributed by atoms with Crippen molar-refractivity contribution in [1.29, 1.82) is 0 Å². The molecule has 5 nitrogen and oxygen atoms in total. The number of hydrogen-bond donors (Lipinski definition) is 1. The lowest BCUT2D eigenvalue weighted by Gasteiger charge is -2.26. The predicted molar refractivity (Wildman–Crippen MR) is 104 cm³/mol. The second kappa shape index (κ2) is 9.85. The number of nitrogens with zero attached hydrogens (tertiary/aromatic N) is 2. The minimum absolute atomic E-state index is 0.640. The summed E-state index contributed by atoms with van der Waals surface area (Å²) < 4.78 is 5.83. The zero-order chi connectivity index (χ0) is 18.0. The van der Waals surface area contributed by atoms with Crippen molar-refractivity contribution in [2.24, 2.45) is 0 Å². The maximum atomic E-state index is 11.0. The summed E-state index contributed by atoms with van der Waals surface area (Å²) in [6.07, 6.45) is 9.07. The number of benzene rings is 1. The number of aromatic nitrogens is 1. The van der Waals surface area contributed by atoms with Crippen LogP contribution < -0.4 is 10.1 Å². The Hall–Kier alpha value is -2.50. The summed E-state index contributed by atoms with van der Waals surface area (Å²) in [5, 5.41) is 3.36. The summed E-state index contributed by atoms with van der Waals surface area (Å²) in [5.41, 5.74) is 2.51.